The van der Waals surface area contributed by atoms with Crippen molar-refractivity contribution in [2.24, 2.45) is 11.8 Å². The Balaban J connectivity index is 1.99. The summed E-state index contributed by atoms with van der Waals surface area (Å²) in [6.07, 6.45) is 6.02. The molecule has 1 aromatic heterocycles. The molecule has 0 bridgehead atoms. The predicted octanol–water partition coefficient (Wildman–Crippen LogP) is 0.459. The molecule has 2 heterocycles. The molecule has 0 spiro atoms. The van der Waals surface area contributed by atoms with Crippen molar-refractivity contribution in [3.05, 3.63) is 22.7 Å². The summed E-state index contributed by atoms with van der Waals surface area (Å²) in [4.78, 5) is 31.4. The predicted molar refractivity (Wildman–Crippen MR) is 64.5 cm³/mol. The summed E-state index contributed by atoms with van der Waals surface area (Å²) in [5.41, 5.74) is -0.316. The molecule has 96 valence electrons. The number of hydrogen-bond acceptors (Lipinski definition) is 4. The Bertz CT molecular complexity index is 527. The molecule has 2 fully saturated rings. The highest BCUT2D eigenvalue weighted by Gasteiger charge is 2.48. The molecule has 1 aromatic rings. The maximum Gasteiger partial charge on any atom is 0.326 e. The van der Waals surface area contributed by atoms with Gasteiger partial charge in [-0.1, -0.05) is 6.42 Å². The van der Waals surface area contributed by atoms with Crippen LogP contribution in [0.3, 0.4) is 0 Å². The first-order valence-corrected chi connectivity index (χ1v) is 6.21. The fourth-order valence-corrected chi connectivity index (χ4v) is 3.39. The maximum absolute atomic E-state index is 11.7. The fraction of sp³-hybridized carbons (Fsp3) is 0.583. The molecule has 0 radical (unpaired) electrons. The minimum Gasteiger partial charge on any atom is -0.480 e. The second-order valence-corrected chi connectivity index (χ2v) is 5.03. The topological polar surface area (TPSA) is 86.3 Å². The van der Waals surface area contributed by atoms with E-state index in [1.54, 1.807) is 4.90 Å². The van der Waals surface area contributed by atoms with Gasteiger partial charge >= 0.3 is 5.97 Å². The first-order chi connectivity index (χ1) is 8.68. The Kier molecular flexibility index (Phi) is 2.57. The van der Waals surface area contributed by atoms with Crippen LogP contribution in [0.5, 0.6) is 0 Å². The van der Waals surface area contributed by atoms with Gasteiger partial charge in [0.25, 0.3) is 5.56 Å². The van der Waals surface area contributed by atoms with Crippen LogP contribution in [-0.2, 0) is 4.79 Å². The zero-order chi connectivity index (χ0) is 12.7. The number of H-pyrrole nitrogens is 1. The quantitative estimate of drug-likeness (QED) is 0.795. The van der Waals surface area contributed by atoms with Crippen molar-refractivity contribution in [2.45, 2.75) is 25.3 Å². The smallest absolute Gasteiger partial charge is 0.326 e. The first-order valence-electron chi connectivity index (χ1n) is 6.21. The van der Waals surface area contributed by atoms with E-state index in [-0.39, 0.29) is 17.3 Å². The van der Waals surface area contributed by atoms with E-state index in [1.807, 2.05) is 0 Å². The van der Waals surface area contributed by atoms with Crippen LogP contribution in [0.4, 0.5) is 5.82 Å². The maximum atomic E-state index is 11.7. The van der Waals surface area contributed by atoms with Crippen molar-refractivity contribution < 1.29 is 9.90 Å². The molecule has 3 unspecified atom stereocenters. The van der Waals surface area contributed by atoms with Crippen LogP contribution in [0.15, 0.2) is 17.2 Å². The van der Waals surface area contributed by atoms with Crippen molar-refractivity contribution in [1.82, 2.24) is 9.97 Å². The monoisotopic (exact) mass is 249 g/mol. The Morgan fingerprint density at radius 1 is 1.50 bits per heavy atom. The molecule has 1 aliphatic carbocycles. The Morgan fingerprint density at radius 3 is 3.06 bits per heavy atom. The van der Waals surface area contributed by atoms with Crippen LogP contribution in [0.25, 0.3) is 0 Å². The van der Waals surface area contributed by atoms with Gasteiger partial charge in [0, 0.05) is 18.9 Å². The van der Waals surface area contributed by atoms with E-state index in [2.05, 4.69) is 9.97 Å². The van der Waals surface area contributed by atoms with Crippen molar-refractivity contribution in [1.29, 1.82) is 0 Å². The summed E-state index contributed by atoms with van der Waals surface area (Å²) in [6.45, 7) is 0.627. The third-order valence-electron chi connectivity index (χ3n) is 4.10. The van der Waals surface area contributed by atoms with Crippen LogP contribution >= 0.6 is 0 Å². The molecule has 1 saturated carbocycles. The van der Waals surface area contributed by atoms with Crippen LogP contribution in [0.1, 0.15) is 19.3 Å². The van der Waals surface area contributed by atoms with Crippen molar-refractivity contribution in [2.75, 3.05) is 11.4 Å². The molecule has 1 saturated heterocycles. The first kappa shape index (κ1) is 11.3. The third-order valence-corrected chi connectivity index (χ3v) is 4.10. The second kappa shape index (κ2) is 4.12. The average molecular weight is 249 g/mol. The van der Waals surface area contributed by atoms with E-state index in [9.17, 15) is 14.7 Å². The summed E-state index contributed by atoms with van der Waals surface area (Å²) in [5.74, 6) is -0.0786. The fourth-order valence-electron chi connectivity index (χ4n) is 3.39. The molecule has 0 amide bonds. The molecule has 2 aliphatic rings. The van der Waals surface area contributed by atoms with Crippen molar-refractivity contribution in [3.8, 4) is 0 Å². The molecule has 0 aromatic carbocycles. The Labute approximate surface area is 104 Å². The lowest BCUT2D eigenvalue weighted by Gasteiger charge is -2.24. The molecule has 3 atom stereocenters. The highest BCUT2D eigenvalue weighted by Crippen LogP contribution is 2.42. The largest absolute Gasteiger partial charge is 0.480 e. The Morgan fingerprint density at radius 2 is 2.33 bits per heavy atom. The average Bonchev–Trinajstić information content (AvgIpc) is 2.88. The lowest BCUT2D eigenvalue weighted by atomic mass is 9.94. The summed E-state index contributed by atoms with van der Waals surface area (Å²) in [7, 11) is 0. The van der Waals surface area contributed by atoms with Crippen LogP contribution in [0.2, 0.25) is 0 Å². The van der Waals surface area contributed by atoms with Crippen LogP contribution < -0.4 is 10.5 Å². The molecule has 6 nitrogen and oxygen atoms in total. The van der Waals surface area contributed by atoms with Gasteiger partial charge in [-0.25, -0.2) is 9.78 Å². The summed E-state index contributed by atoms with van der Waals surface area (Å²) in [5, 5.41) is 9.40. The van der Waals surface area contributed by atoms with E-state index in [1.165, 1.54) is 12.4 Å². The van der Waals surface area contributed by atoms with E-state index < -0.39 is 12.0 Å². The number of carboxylic acid groups (broad SMARTS) is 1. The van der Waals surface area contributed by atoms with E-state index in [0.29, 0.717) is 12.5 Å². The highest BCUT2D eigenvalue weighted by atomic mass is 16.4. The zero-order valence-corrected chi connectivity index (χ0v) is 9.87. The van der Waals surface area contributed by atoms with Gasteiger partial charge in [0.05, 0.1) is 0 Å². The second-order valence-electron chi connectivity index (χ2n) is 5.03. The van der Waals surface area contributed by atoms with Gasteiger partial charge in [-0.3, -0.25) is 4.79 Å². The van der Waals surface area contributed by atoms with E-state index >= 15 is 0 Å². The van der Waals surface area contributed by atoms with Crippen LogP contribution in [0, 0.1) is 11.8 Å². The van der Waals surface area contributed by atoms with Crippen LogP contribution in [-0.4, -0.2) is 33.6 Å². The van der Waals surface area contributed by atoms with E-state index in [0.717, 1.165) is 19.3 Å². The number of hydrogen-bond donors (Lipinski definition) is 2. The van der Waals surface area contributed by atoms with Gasteiger partial charge < -0.3 is 15.0 Å². The van der Waals surface area contributed by atoms with Gasteiger partial charge in [-0.05, 0) is 24.7 Å². The van der Waals surface area contributed by atoms with Crippen molar-refractivity contribution >= 4 is 11.8 Å². The number of rotatable bonds is 2. The van der Waals surface area contributed by atoms with E-state index in [4.69, 9.17) is 0 Å². The lowest BCUT2D eigenvalue weighted by molar-refractivity contribution is -0.139. The third kappa shape index (κ3) is 1.60. The normalized spacial score (nSPS) is 30.4. The minimum absolute atomic E-state index is 0.156. The number of nitrogens with one attached hydrogen (secondary N) is 1. The number of aromatic amines is 1. The SMILES string of the molecule is O=C(O)C1C2CCCC2CN1c1ncc[nH]c1=O. The summed E-state index contributed by atoms with van der Waals surface area (Å²) < 4.78 is 0. The van der Waals surface area contributed by atoms with Gasteiger partial charge in [-0.2, -0.15) is 0 Å². The van der Waals surface area contributed by atoms with Crippen molar-refractivity contribution in [3.63, 3.8) is 0 Å². The summed E-state index contributed by atoms with van der Waals surface area (Å²) in [6, 6.07) is -0.603. The molecule has 1 aliphatic heterocycles. The summed E-state index contributed by atoms with van der Waals surface area (Å²) >= 11 is 0. The number of aromatic nitrogens is 2. The number of anilines is 1. The number of aliphatic carboxylic acids is 1. The standard InChI is InChI=1S/C12H15N3O3/c16-11-10(13-4-5-14-11)15-6-7-2-1-3-8(7)9(15)12(17)18/h4-5,7-9H,1-3,6H2,(H,14,16)(H,17,18). The number of fused-ring (bicyclic) bond motifs is 1. The van der Waals surface area contributed by atoms with Gasteiger partial charge in [0.1, 0.15) is 6.04 Å². The van der Waals surface area contributed by atoms with Gasteiger partial charge in [0.15, 0.2) is 5.82 Å². The zero-order valence-electron chi connectivity index (χ0n) is 9.87. The van der Waals surface area contributed by atoms with Gasteiger partial charge in [0.2, 0.25) is 0 Å². The molecule has 3 rings (SSSR count). The minimum atomic E-state index is -0.852. The lowest BCUT2D eigenvalue weighted by Crippen LogP contribution is -2.42. The Hall–Kier alpha value is -1.85. The highest BCUT2D eigenvalue weighted by molar-refractivity contribution is 5.79. The molecule has 2 N–H and O–H groups in total. The molecule has 6 heteroatoms. The van der Waals surface area contributed by atoms with Gasteiger partial charge in [-0.15, -0.1) is 0 Å². The number of nitrogens with zero attached hydrogens (tertiary/aromatic N) is 2. The molecular weight excluding hydrogens is 234 g/mol. The molecular formula is C12H15N3O3. The number of carboxylic acids is 1. The molecule has 18 heavy (non-hydrogen) atoms. The number of carbonyl (C=O) groups is 1.